The molecule has 0 saturated carbocycles. The lowest BCUT2D eigenvalue weighted by Crippen LogP contribution is -1.95. The third kappa shape index (κ3) is 4.94. The first-order valence-corrected chi connectivity index (χ1v) is 2.86. The van der Waals surface area contributed by atoms with Crippen molar-refractivity contribution in [3.8, 4) is 0 Å². The molecule has 0 atom stereocenters. The van der Waals surface area contributed by atoms with Gasteiger partial charge in [-0.1, -0.05) is 12.7 Å². The highest BCUT2D eigenvalue weighted by atomic mass is 16.7. The second-order valence-electron chi connectivity index (χ2n) is 1.40. The van der Waals surface area contributed by atoms with Crippen molar-refractivity contribution in [2.24, 2.45) is 0 Å². The molecule has 0 N–H and O–H groups in total. The topological polar surface area (TPSA) is 18.5 Å². The van der Waals surface area contributed by atoms with Crippen molar-refractivity contribution in [3.63, 3.8) is 0 Å². The zero-order valence-corrected chi connectivity index (χ0v) is 5.72. The maximum atomic E-state index is 4.90. The molecule has 0 aliphatic rings. The Morgan fingerprint density at radius 3 is 2.67 bits per heavy atom. The largest absolute Gasteiger partial charge is 0.466 e. The minimum Gasteiger partial charge on any atom is -0.466 e. The standard InChI is InChI=1S/C7H12O2/c1-4-6-9-7(3)8-5-2/h4H,1,3,5-6H2,2H3. The molecule has 0 radical (unpaired) electrons. The SMILES string of the molecule is C=CCOC(=C)OCC. The lowest BCUT2D eigenvalue weighted by Gasteiger charge is -2.05. The maximum Gasteiger partial charge on any atom is 0.271 e. The summed E-state index contributed by atoms with van der Waals surface area (Å²) < 4.78 is 9.78. The summed E-state index contributed by atoms with van der Waals surface area (Å²) in [5, 5.41) is 0. The summed E-state index contributed by atoms with van der Waals surface area (Å²) in [7, 11) is 0. The van der Waals surface area contributed by atoms with Gasteiger partial charge in [0.1, 0.15) is 6.61 Å². The normalized spacial score (nSPS) is 8.11. The van der Waals surface area contributed by atoms with Crippen molar-refractivity contribution in [2.75, 3.05) is 13.2 Å². The molecule has 2 nitrogen and oxygen atoms in total. The first-order chi connectivity index (χ1) is 4.31. The van der Waals surface area contributed by atoms with Crippen molar-refractivity contribution in [2.45, 2.75) is 6.92 Å². The van der Waals surface area contributed by atoms with Crippen molar-refractivity contribution in [1.29, 1.82) is 0 Å². The van der Waals surface area contributed by atoms with E-state index in [-0.39, 0.29) is 0 Å². The molecule has 0 spiro atoms. The molecule has 9 heavy (non-hydrogen) atoms. The molecular formula is C7H12O2. The zero-order valence-electron chi connectivity index (χ0n) is 5.72. The number of rotatable bonds is 5. The molecule has 0 fully saturated rings. The van der Waals surface area contributed by atoms with E-state index in [0.717, 1.165) is 0 Å². The van der Waals surface area contributed by atoms with Gasteiger partial charge in [-0.15, -0.1) is 0 Å². The average Bonchev–Trinajstić information content (AvgIpc) is 1.85. The van der Waals surface area contributed by atoms with Crippen LogP contribution in [0.15, 0.2) is 25.2 Å². The number of hydrogen-bond acceptors (Lipinski definition) is 2. The minimum absolute atomic E-state index is 0.359. The molecule has 0 rings (SSSR count). The van der Waals surface area contributed by atoms with Crippen LogP contribution in [0.1, 0.15) is 6.92 Å². The van der Waals surface area contributed by atoms with Gasteiger partial charge in [-0.3, -0.25) is 0 Å². The molecule has 0 aromatic heterocycles. The fraction of sp³-hybridized carbons (Fsp3) is 0.429. The Bertz CT molecular complexity index is 97.1. The van der Waals surface area contributed by atoms with E-state index in [1.165, 1.54) is 0 Å². The van der Waals surface area contributed by atoms with E-state index < -0.39 is 0 Å². The van der Waals surface area contributed by atoms with Gasteiger partial charge in [0.25, 0.3) is 5.95 Å². The highest BCUT2D eigenvalue weighted by Crippen LogP contribution is 1.93. The number of ether oxygens (including phenoxy) is 2. The van der Waals surface area contributed by atoms with Gasteiger partial charge in [-0.05, 0) is 13.5 Å². The van der Waals surface area contributed by atoms with E-state index in [1.54, 1.807) is 6.08 Å². The summed E-state index contributed by atoms with van der Waals surface area (Å²) in [6, 6.07) is 0. The van der Waals surface area contributed by atoms with Gasteiger partial charge in [0, 0.05) is 0 Å². The van der Waals surface area contributed by atoms with E-state index in [2.05, 4.69) is 13.2 Å². The first-order valence-electron chi connectivity index (χ1n) is 2.86. The predicted molar refractivity (Wildman–Crippen MR) is 36.9 cm³/mol. The van der Waals surface area contributed by atoms with E-state index in [4.69, 9.17) is 9.47 Å². The van der Waals surface area contributed by atoms with E-state index in [1.807, 2.05) is 6.92 Å². The smallest absolute Gasteiger partial charge is 0.271 e. The zero-order chi connectivity index (χ0) is 7.11. The van der Waals surface area contributed by atoms with Crippen molar-refractivity contribution < 1.29 is 9.47 Å². The summed E-state index contributed by atoms with van der Waals surface area (Å²) >= 11 is 0. The lowest BCUT2D eigenvalue weighted by atomic mass is 10.7. The molecule has 0 unspecified atom stereocenters. The molecule has 2 heteroatoms. The Kier molecular flexibility index (Phi) is 4.69. The highest BCUT2D eigenvalue weighted by Gasteiger charge is 1.87. The Morgan fingerprint density at radius 1 is 1.56 bits per heavy atom. The van der Waals surface area contributed by atoms with E-state index >= 15 is 0 Å². The molecule has 0 aliphatic carbocycles. The molecular weight excluding hydrogens is 116 g/mol. The molecule has 0 aromatic carbocycles. The Labute approximate surface area is 55.8 Å². The van der Waals surface area contributed by atoms with Gasteiger partial charge in [0.05, 0.1) is 6.61 Å². The molecule has 0 heterocycles. The van der Waals surface area contributed by atoms with Crippen molar-refractivity contribution >= 4 is 0 Å². The van der Waals surface area contributed by atoms with Gasteiger partial charge < -0.3 is 9.47 Å². The van der Waals surface area contributed by atoms with Crippen LogP contribution in [-0.2, 0) is 9.47 Å². The fourth-order valence-electron chi connectivity index (χ4n) is 0.355. The summed E-state index contributed by atoms with van der Waals surface area (Å²) in [4.78, 5) is 0. The summed E-state index contributed by atoms with van der Waals surface area (Å²) in [5.41, 5.74) is 0. The van der Waals surface area contributed by atoms with E-state index in [9.17, 15) is 0 Å². The Morgan fingerprint density at radius 2 is 2.22 bits per heavy atom. The van der Waals surface area contributed by atoms with Crippen LogP contribution in [0.4, 0.5) is 0 Å². The maximum absolute atomic E-state index is 4.90. The second-order valence-corrected chi connectivity index (χ2v) is 1.40. The van der Waals surface area contributed by atoms with Crippen LogP contribution in [0.25, 0.3) is 0 Å². The van der Waals surface area contributed by atoms with Gasteiger partial charge >= 0.3 is 0 Å². The second kappa shape index (κ2) is 5.22. The van der Waals surface area contributed by atoms with Crippen LogP contribution in [-0.4, -0.2) is 13.2 Å². The van der Waals surface area contributed by atoms with Crippen molar-refractivity contribution in [1.82, 2.24) is 0 Å². The highest BCUT2D eigenvalue weighted by molar-refractivity contribution is 4.72. The quantitative estimate of drug-likeness (QED) is 0.414. The Balaban J connectivity index is 3.16. The summed E-state index contributed by atoms with van der Waals surface area (Å²) in [5.74, 6) is 0.359. The lowest BCUT2D eigenvalue weighted by molar-refractivity contribution is 0.0554. The molecule has 52 valence electrons. The number of hydrogen-bond donors (Lipinski definition) is 0. The van der Waals surface area contributed by atoms with Crippen LogP contribution in [0, 0.1) is 0 Å². The van der Waals surface area contributed by atoms with Gasteiger partial charge in [0.15, 0.2) is 0 Å². The van der Waals surface area contributed by atoms with E-state index in [0.29, 0.717) is 19.2 Å². The molecule has 0 aliphatic heterocycles. The van der Waals surface area contributed by atoms with Gasteiger partial charge in [-0.2, -0.15) is 0 Å². The Hall–Kier alpha value is -0.920. The predicted octanol–water partition coefficient (Wildman–Crippen LogP) is 1.70. The van der Waals surface area contributed by atoms with Crippen LogP contribution in [0.2, 0.25) is 0 Å². The fourth-order valence-corrected chi connectivity index (χ4v) is 0.355. The van der Waals surface area contributed by atoms with Crippen LogP contribution < -0.4 is 0 Å². The van der Waals surface area contributed by atoms with Crippen LogP contribution in [0.3, 0.4) is 0 Å². The van der Waals surface area contributed by atoms with Crippen LogP contribution >= 0.6 is 0 Å². The summed E-state index contributed by atoms with van der Waals surface area (Å²) in [6.45, 7) is 9.89. The molecule has 0 amide bonds. The third-order valence-electron chi connectivity index (χ3n) is 0.667. The van der Waals surface area contributed by atoms with Gasteiger partial charge in [-0.25, -0.2) is 0 Å². The monoisotopic (exact) mass is 128 g/mol. The molecule has 0 aromatic rings. The van der Waals surface area contributed by atoms with Crippen LogP contribution in [0.5, 0.6) is 0 Å². The minimum atomic E-state index is 0.359. The summed E-state index contributed by atoms with van der Waals surface area (Å²) in [6.07, 6.45) is 1.64. The third-order valence-corrected chi connectivity index (χ3v) is 0.667. The molecule has 0 bridgehead atoms. The average molecular weight is 128 g/mol. The van der Waals surface area contributed by atoms with Crippen molar-refractivity contribution in [3.05, 3.63) is 25.2 Å². The first kappa shape index (κ1) is 8.08. The molecule has 0 saturated heterocycles. The van der Waals surface area contributed by atoms with Gasteiger partial charge in [0.2, 0.25) is 0 Å².